The van der Waals surface area contributed by atoms with E-state index in [0.717, 1.165) is 10.9 Å². The molecule has 2 rings (SSSR count). The first-order chi connectivity index (χ1) is 7.39. The van der Waals surface area contributed by atoms with Crippen LogP contribution >= 0.6 is 11.6 Å². The van der Waals surface area contributed by atoms with E-state index in [0.29, 0.717) is 10.7 Å². The van der Waals surface area contributed by atoms with Gasteiger partial charge in [0, 0.05) is 16.4 Å². The molecule has 0 saturated heterocycles. The van der Waals surface area contributed by atoms with E-state index < -0.39 is 0 Å². The summed E-state index contributed by atoms with van der Waals surface area (Å²) in [5, 5.41) is 7.88. The molecule has 0 aliphatic rings. The van der Waals surface area contributed by atoms with E-state index in [-0.39, 0.29) is 11.2 Å². The predicted molar refractivity (Wildman–Crippen MR) is 64.9 cm³/mol. The lowest BCUT2D eigenvalue weighted by molar-refractivity contribution is 0.0858. The lowest BCUT2D eigenvalue weighted by Crippen LogP contribution is -2.19. The van der Waals surface area contributed by atoms with Crippen molar-refractivity contribution >= 4 is 28.3 Å². The second-order valence-electron chi connectivity index (χ2n) is 4.85. The maximum absolute atomic E-state index is 12.1. The summed E-state index contributed by atoms with van der Waals surface area (Å²) < 4.78 is 0. The Morgan fingerprint density at radius 3 is 2.69 bits per heavy atom. The molecule has 0 aliphatic heterocycles. The van der Waals surface area contributed by atoms with Gasteiger partial charge in [-0.1, -0.05) is 32.4 Å². The van der Waals surface area contributed by atoms with Gasteiger partial charge in [-0.15, -0.1) is 0 Å². The van der Waals surface area contributed by atoms with Gasteiger partial charge >= 0.3 is 0 Å². The Labute approximate surface area is 98.8 Å². The normalized spacial score (nSPS) is 12.0. The average molecular weight is 237 g/mol. The van der Waals surface area contributed by atoms with Crippen LogP contribution in [0.15, 0.2) is 18.2 Å². The molecule has 3 nitrogen and oxygen atoms in total. The van der Waals surface area contributed by atoms with Crippen molar-refractivity contribution in [1.82, 2.24) is 10.2 Å². The van der Waals surface area contributed by atoms with E-state index in [9.17, 15) is 4.79 Å². The summed E-state index contributed by atoms with van der Waals surface area (Å²) in [5.74, 6) is 0.103. The minimum Gasteiger partial charge on any atom is -0.294 e. The van der Waals surface area contributed by atoms with Crippen molar-refractivity contribution < 1.29 is 4.79 Å². The van der Waals surface area contributed by atoms with Gasteiger partial charge in [0.2, 0.25) is 0 Å². The maximum Gasteiger partial charge on any atom is 0.168 e. The minimum absolute atomic E-state index is 0.103. The third kappa shape index (κ3) is 1.83. The van der Waals surface area contributed by atoms with Crippen LogP contribution in [0.2, 0.25) is 5.15 Å². The van der Waals surface area contributed by atoms with Crippen molar-refractivity contribution in [1.29, 1.82) is 0 Å². The van der Waals surface area contributed by atoms with Crippen LogP contribution in [0, 0.1) is 5.41 Å². The van der Waals surface area contributed by atoms with Crippen LogP contribution in [0.5, 0.6) is 0 Å². The zero-order chi connectivity index (χ0) is 11.9. The van der Waals surface area contributed by atoms with Gasteiger partial charge in [-0.2, -0.15) is 5.10 Å². The van der Waals surface area contributed by atoms with Gasteiger partial charge in [0.25, 0.3) is 0 Å². The zero-order valence-electron chi connectivity index (χ0n) is 9.47. The number of halogens is 1. The van der Waals surface area contributed by atoms with E-state index in [1.54, 1.807) is 12.1 Å². The lowest BCUT2D eigenvalue weighted by Gasteiger charge is -2.16. The van der Waals surface area contributed by atoms with E-state index in [1.165, 1.54) is 0 Å². The number of nitrogens with zero attached hydrogens (tertiary/aromatic N) is 1. The monoisotopic (exact) mass is 236 g/mol. The number of ketones is 1. The second kappa shape index (κ2) is 3.59. The first kappa shape index (κ1) is 11.1. The van der Waals surface area contributed by atoms with Crippen molar-refractivity contribution in [3.63, 3.8) is 0 Å². The highest BCUT2D eigenvalue weighted by atomic mass is 35.5. The molecule has 1 aromatic heterocycles. The fourth-order valence-electron chi connectivity index (χ4n) is 1.56. The molecule has 0 unspecified atom stereocenters. The van der Waals surface area contributed by atoms with Crippen LogP contribution in [0.4, 0.5) is 0 Å². The molecular weight excluding hydrogens is 224 g/mol. The number of Topliss-reactive ketones (excluding diaryl/α,β-unsaturated/α-hetero) is 1. The quantitative estimate of drug-likeness (QED) is 0.771. The number of aromatic nitrogens is 2. The lowest BCUT2D eigenvalue weighted by atomic mass is 9.86. The molecule has 16 heavy (non-hydrogen) atoms. The molecule has 1 N–H and O–H groups in total. The van der Waals surface area contributed by atoms with Crippen LogP contribution in [0.1, 0.15) is 31.1 Å². The molecule has 84 valence electrons. The Kier molecular flexibility index (Phi) is 2.50. The summed E-state index contributed by atoms with van der Waals surface area (Å²) in [6.07, 6.45) is 0. The Bertz CT molecular complexity index is 552. The van der Waals surface area contributed by atoms with Crippen molar-refractivity contribution in [2.75, 3.05) is 0 Å². The molecule has 2 aromatic rings. The Balaban J connectivity index is 2.55. The van der Waals surface area contributed by atoms with E-state index in [4.69, 9.17) is 11.6 Å². The van der Waals surface area contributed by atoms with Crippen LogP contribution in [0.25, 0.3) is 10.9 Å². The Morgan fingerprint density at radius 2 is 2.06 bits per heavy atom. The molecule has 1 aromatic carbocycles. The van der Waals surface area contributed by atoms with Crippen LogP contribution in [-0.2, 0) is 0 Å². The van der Waals surface area contributed by atoms with Crippen molar-refractivity contribution in [2.45, 2.75) is 20.8 Å². The van der Waals surface area contributed by atoms with Gasteiger partial charge < -0.3 is 0 Å². The molecule has 4 heteroatoms. The molecule has 0 aliphatic carbocycles. The number of hydrogen-bond donors (Lipinski definition) is 1. The number of benzene rings is 1. The van der Waals surface area contributed by atoms with Gasteiger partial charge in [0.05, 0.1) is 5.52 Å². The first-order valence-corrected chi connectivity index (χ1v) is 5.46. The number of fused-ring (bicyclic) bond motifs is 1. The number of nitrogens with one attached hydrogen (secondary N) is 1. The van der Waals surface area contributed by atoms with Crippen LogP contribution < -0.4 is 0 Å². The Hall–Kier alpha value is -1.35. The van der Waals surface area contributed by atoms with Crippen LogP contribution in [0.3, 0.4) is 0 Å². The van der Waals surface area contributed by atoms with Crippen molar-refractivity contribution in [3.8, 4) is 0 Å². The number of carbonyl (C=O) groups is 1. The Morgan fingerprint density at radius 1 is 1.38 bits per heavy atom. The third-order valence-electron chi connectivity index (χ3n) is 2.46. The number of carbonyl (C=O) groups excluding carboxylic acids is 1. The smallest absolute Gasteiger partial charge is 0.168 e. The minimum atomic E-state index is -0.385. The summed E-state index contributed by atoms with van der Waals surface area (Å²) >= 11 is 5.91. The second-order valence-corrected chi connectivity index (χ2v) is 5.21. The number of aromatic amines is 1. The van der Waals surface area contributed by atoms with Crippen LogP contribution in [-0.4, -0.2) is 16.0 Å². The standard InChI is InChI=1S/C12H13ClN2O/c1-12(2,3)10(16)7-4-5-9-8(6-7)11(13)15-14-9/h4-6H,1-3H3,(H,14,15). The topological polar surface area (TPSA) is 45.8 Å². The zero-order valence-corrected chi connectivity index (χ0v) is 10.2. The summed E-state index contributed by atoms with van der Waals surface area (Å²) in [7, 11) is 0. The fraction of sp³-hybridized carbons (Fsp3) is 0.333. The summed E-state index contributed by atoms with van der Waals surface area (Å²) in [6.45, 7) is 5.70. The molecule has 0 bridgehead atoms. The molecule has 0 amide bonds. The highest BCUT2D eigenvalue weighted by Gasteiger charge is 2.23. The number of H-pyrrole nitrogens is 1. The van der Waals surface area contributed by atoms with Gasteiger partial charge in [0.1, 0.15) is 0 Å². The molecular formula is C12H13ClN2O. The highest BCUT2D eigenvalue weighted by Crippen LogP contribution is 2.26. The summed E-state index contributed by atoms with van der Waals surface area (Å²) in [4.78, 5) is 12.1. The number of hydrogen-bond acceptors (Lipinski definition) is 2. The predicted octanol–water partition coefficient (Wildman–Crippen LogP) is 3.45. The molecule has 0 atom stereocenters. The summed E-state index contributed by atoms with van der Waals surface area (Å²) in [6, 6.07) is 5.41. The van der Waals surface area contributed by atoms with Crippen molar-refractivity contribution in [3.05, 3.63) is 28.9 Å². The molecule has 0 fully saturated rings. The first-order valence-electron chi connectivity index (χ1n) is 5.08. The maximum atomic E-state index is 12.1. The summed E-state index contributed by atoms with van der Waals surface area (Å²) in [5.41, 5.74) is 1.13. The molecule has 1 heterocycles. The number of rotatable bonds is 1. The highest BCUT2D eigenvalue weighted by molar-refractivity contribution is 6.34. The van der Waals surface area contributed by atoms with Gasteiger partial charge in [-0.3, -0.25) is 9.89 Å². The molecule has 0 radical (unpaired) electrons. The van der Waals surface area contributed by atoms with Crippen molar-refractivity contribution in [2.24, 2.45) is 5.41 Å². The van der Waals surface area contributed by atoms with E-state index in [1.807, 2.05) is 26.8 Å². The molecule has 0 spiro atoms. The average Bonchev–Trinajstić information content (AvgIpc) is 2.58. The van der Waals surface area contributed by atoms with Gasteiger partial charge in [-0.25, -0.2) is 0 Å². The fourth-order valence-corrected chi connectivity index (χ4v) is 1.75. The van der Waals surface area contributed by atoms with E-state index in [2.05, 4.69) is 10.2 Å². The van der Waals surface area contributed by atoms with Gasteiger partial charge in [0.15, 0.2) is 10.9 Å². The largest absolute Gasteiger partial charge is 0.294 e. The molecule has 0 saturated carbocycles. The van der Waals surface area contributed by atoms with E-state index >= 15 is 0 Å². The SMILES string of the molecule is CC(C)(C)C(=O)c1ccc2[nH]nc(Cl)c2c1. The third-order valence-corrected chi connectivity index (χ3v) is 2.75. The van der Waals surface area contributed by atoms with Gasteiger partial charge in [-0.05, 0) is 18.2 Å².